The zero-order valence-electron chi connectivity index (χ0n) is 19.3. The number of aryl methyl sites for hydroxylation is 1. The number of nitrogens with zero attached hydrogens (tertiary/aromatic N) is 6. The minimum Gasteiger partial charge on any atom is -0.352 e. The molecule has 0 aliphatic carbocycles. The second-order valence-electron chi connectivity index (χ2n) is 8.49. The zero-order valence-corrected chi connectivity index (χ0v) is 19.3. The van der Waals surface area contributed by atoms with Crippen LogP contribution in [-0.4, -0.2) is 56.7 Å². The molecule has 0 unspecified atom stereocenters. The van der Waals surface area contributed by atoms with Crippen LogP contribution in [0.4, 0.5) is 10.2 Å². The maximum absolute atomic E-state index is 13.5. The van der Waals surface area contributed by atoms with E-state index in [0.29, 0.717) is 19.5 Å². The molecule has 1 amide bonds. The van der Waals surface area contributed by atoms with Crippen molar-refractivity contribution >= 4 is 22.8 Å². The second-order valence-corrected chi connectivity index (χ2v) is 8.49. The van der Waals surface area contributed by atoms with Crippen LogP contribution >= 0.6 is 0 Å². The minimum atomic E-state index is -0.283. The first kappa shape index (κ1) is 22.2. The number of rotatable bonds is 6. The molecule has 3 heterocycles. The molecule has 0 spiro atoms. The van der Waals surface area contributed by atoms with Crippen LogP contribution in [0.5, 0.6) is 0 Å². The fourth-order valence-electron chi connectivity index (χ4n) is 4.34. The quantitative estimate of drug-likeness (QED) is 0.576. The number of anilines is 1. The molecule has 2 aromatic heterocycles. The van der Waals surface area contributed by atoms with Crippen LogP contribution in [-0.2, 0) is 4.79 Å². The largest absolute Gasteiger partial charge is 0.352 e. The summed E-state index contributed by atoms with van der Waals surface area (Å²) in [5.74, 6) is 1.79. The molecule has 1 saturated heterocycles. The molecule has 1 atom stereocenters. The lowest BCUT2D eigenvalue weighted by atomic mass is 10.1. The normalized spacial score (nSPS) is 15.4. The molecule has 7 nitrogen and oxygen atoms in total. The van der Waals surface area contributed by atoms with Gasteiger partial charge < -0.3 is 9.80 Å². The van der Waals surface area contributed by atoms with E-state index in [2.05, 4.69) is 18.7 Å². The van der Waals surface area contributed by atoms with Crippen LogP contribution in [0.2, 0.25) is 0 Å². The SMILES string of the molecule is CCC[C@H](C)c1nc(N2CCN(C(=O)CC)CC2)c2c(C)nn(-c3ccc(F)cc3)c2n1. The molecular formula is C24H31FN6O. The molecule has 0 radical (unpaired) electrons. The highest BCUT2D eigenvalue weighted by atomic mass is 19.1. The highest BCUT2D eigenvalue weighted by Gasteiger charge is 2.26. The van der Waals surface area contributed by atoms with E-state index in [-0.39, 0.29) is 17.6 Å². The first-order valence-corrected chi connectivity index (χ1v) is 11.5. The molecule has 1 aliphatic rings. The second kappa shape index (κ2) is 9.22. The first-order valence-electron chi connectivity index (χ1n) is 11.5. The van der Waals surface area contributed by atoms with Gasteiger partial charge in [-0.15, -0.1) is 0 Å². The van der Waals surface area contributed by atoms with Crippen molar-refractivity contribution in [1.29, 1.82) is 0 Å². The van der Waals surface area contributed by atoms with Crippen LogP contribution < -0.4 is 4.90 Å². The lowest BCUT2D eigenvalue weighted by Gasteiger charge is -2.35. The van der Waals surface area contributed by atoms with Crippen LogP contribution in [0.15, 0.2) is 24.3 Å². The predicted molar refractivity (Wildman–Crippen MR) is 124 cm³/mol. The van der Waals surface area contributed by atoms with Gasteiger partial charge in [-0.1, -0.05) is 27.2 Å². The molecule has 0 N–H and O–H groups in total. The van der Waals surface area contributed by atoms with Crippen molar-refractivity contribution in [2.75, 3.05) is 31.1 Å². The van der Waals surface area contributed by atoms with E-state index in [1.807, 2.05) is 18.7 Å². The monoisotopic (exact) mass is 438 g/mol. The van der Waals surface area contributed by atoms with E-state index < -0.39 is 0 Å². The van der Waals surface area contributed by atoms with Gasteiger partial charge in [0, 0.05) is 38.5 Å². The molecule has 3 aromatic rings. The number of fused-ring (bicyclic) bond motifs is 1. The molecule has 1 aromatic carbocycles. The average Bonchev–Trinajstić information content (AvgIpc) is 3.15. The summed E-state index contributed by atoms with van der Waals surface area (Å²) in [6.07, 6.45) is 2.57. The van der Waals surface area contributed by atoms with E-state index >= 15 is 0 Å². The molecule has 1 aliphatic heterocycles. The molecule has 170 valence electrons. The number of carbonyl (C=O) groups excluding carboxylic acids is 1. The Balaban J connectivity index is 1.81. The summed E-state index contributed by atoms with van der Waals surface area (Å²) >= 11 is 0. The Morgan fingerprint density at radius 1 is 1.09 bits per heavy atom. The Bertz CT molecular complexity index is 1100. The number of carbonyl (C=O) groups is 1. The van der Waals surface area contributed by atoms with Crippen LogP contribution in [0, 0.1) is 12.7 Å². The molecule has 4 rings (SSSR count). The molecule has 8 heteroatoms. The van der Waals surface area contributed by atoms with Gasteiger partial charge in [0.25, 0.3) is 0 Å². The van der Waals surface area contributed by atoms with Crippen molar-refractivity contribution in [3.05, 3.63) is 41.6 Å². The summed E-state index contributed by atoms with van der Waals surface area (Å²) in [4.78, 5) is 26.2. The van der Waals surface area contributed by atoms with Crippen LogP contribution in [0.3, 0.4) is 0 Å². The lowest BCUT2D eigenvalue weighted by Crippen LogP contribution is -2.49. The standard InChI is InChI=1S/C24H31FN6O/c1-5-7-16(3)22-26-23(30-14-12-29(13-15-30)20(32)6-2)21-17(4)28-31(24(21)27-22)19-10-8-18(25)9-11-19/h8-11,16H,5-7,12-15H2,1-4H3/t16-/m0/s1. The van der Waals surface area contributed by atoms with Crippen molar-refractivity contribution in [3.63, 3.8) is 0 Å². The van der Waals surface area contributed by atoms with Gasteiger partial charge in [0.1, 0.15) is 17.5 Å². The highest BCUT2D eigenvalue weighted by Crippen LogP contribution is 2.32. The Labute approximate surface area is 188 Å². The Kier molecular flexibility index (Phi) is 6.39. The van der Waals surface area contributed by atoms with Crippen molar-refractivity contribution in [1.82, 2.24) is 24.6 Å². The van der Waals surface area contributed by atoms with Gasteiger partial charge in [0.2, 0.25) is 5.91 Å². The molecule has 32 heavy (non-hydrogen) atoms. The smallest absolute Gasteiger partial charge is 0.222 e. The lowest BCUT2D eigenvalue weighted by molar-refractivity contribution is -0.131. The van der Waals surface area contributed by atoms with Crippen molar-refractivity contribution in [2.24, 2.45) is 0 Å². The van der Waals surface area contributed by atoms with E-state index in [9.17, 15) is 9.18 Å². The summed E-state index contributed by atoms with van der Waals surface area (Å²) in [7, 11) is 0. The number of hydrogen-bond acceptors (Lipinski definition) is 5. The number of hydrogen-bond donors (Lipinski definition) is 0. The fourth-order valence-corrected chi connectivity index (χ4v) is 4.34. The molecule has 1 fully saturated rings. The third-order valence-electron chi connectivity index (χ3n) is 6.17. The Morgan fingerprint density at radius 2 is 1.78 bits per heavy atom. The van der Waals surface area contributed by atoms with Gasteiger partial charge in [0.15, 0.2) is 5.65 Å². The minimum absolute atomic E-state index is 0.190. The molecule has 0 bridgehead atoms. The summed E-state index contributed by atoms with van der Waals surface area (Å²) in [6, 6.07) is 6.30. The Hall–Kier alpha value is -3.03. The Morgan fingerprint density at radius 3 is 2.41 bits per heavy atom. The number of benzene rings is 1. The highest BCUT2D eigenvalue weighted by molar-refractivity contribution is 5.91. The first-order chi connectivity index (χ1) is 15.4. The average molecular weight is 439 g/mol. The third kappa shape index (κ3) is 4.18. The van der Waals surface area contributed by atoms with Crippen LogP contribution in [0.1, 0.15) is 57.5 Å². The van der Waals surface area contributed by atoms with E-state index in [0.717, 1.165) is 60.0 Å². The molecular weight excluding hydrogens is 407 g/mol. The molecule has 0 saturated carbocycles. The topological polar surface area (TPSA) is 67.2 Å². The summed E-state index contributed by atoms with van der Waals surface area (Å²) < 4.78 is 15.3. The van der Waals surface area contributed by atoms with Gasteiger partial charge in [-0.2, -0.15) is 5.10 Å². The predicted octanol–water partition coefficient (Wildman–Crippen LogP) is 4.23. The number of amides is 1. The number of aromatic nitrogens is 4. The van der Waals surface area contributed by atoms with Gasteiger partial charge in [-0.25, -0.2) is 19.0 Å². The van der Waals surface area contributed by atoms with Crippen LogP contribution in [0.25, 0.3) is 16.7 Å². The van der Waals surface area contributed by atoms with E-state index in [1.54, 1.807) is 16.8 Å². The number of halogens is 1. The third-order valence-corrected chi connectivity index (χ3v) is 6.17. The van der Waals surface area contributed by atoms with Gasteiger partial charge >= 0.3 is 0 Å². The summed E-state index contributed by atoms with van der Waals surface area (Å²) in [5.41, 5.74) is 2.34. The summed E-state index contributed by atoms with van der Waals surface area (Å²) in [5, 5.41) is 5.66. The van der Waals surface area contributed by atoms with Crippen molar-refractivity contribution < 1.29 is 9.18 Å². The summed E-state index contributed by atoms with van der Waals surface area (Å²) in [6.45, 7) is 11.0. The van der Waals surface area contributed by atoms with Crippen molar-refractivity contribution in [2.45, 2.75) is 52.9 Å². The van der Waals surface area contributed by atoms with Gasteiger partial charge in [0.05, 0.1) is 16.8 Å². The maximum Gasteiger partial charge on any atom is 0.222 e. The van der Waals surface area contributed by atoms with Gasteiger partial charge in [-0.05, 0) is 37.6 Å². The van der Waals surface area contributed by atoms with Gasteiger partial charge in [-0.3, -0.25) is 4.79 Å². The van der Waals surface area contributed by atoms with Crippen molar-refractivity contribution in [3.8, 4) is 5.69 Å². The fraction of sp³-hybridized carbons (Fsp3) is 0.500. The zero-order chi connectivity index (χ0) is 22.8. The number of piperazine rings is 1. The maximum atomic E-state index is 13.5. The van der Waals surface area contributed by atoms with E-state index in [4.69, 9.17) is 15.1 Å². The van der Waals surface area contributed by atoms with E-state index in [1.165, 1.54) is 12.1 Å².